The van der Waals surface area contributed by atoms with Crippen molar-refractivity contribution in [2.75, 3.05) is 25.0 Å². The van der Waals surface area contributed by atoms with E-state index in [9.17, 15) is 9.59 Å². The summed E-state index contributed by atoms with van der Waals surface area (Å²) in [7, 11) is 0. The Morgan fingerprint density at radius 3 is 2.46 bits per heavy atom. The van der Waals surface area contributed by atoms with Crippen LogP contribution in [0.3, 0.4) is 0 Å². The molecule has 0 unspecified atom stereocenters. The van der Waals surface area contributed by atoms with Gasteiger partial charge in [-0.15, -0.1) is 0 Å². The molecule has 0 saturated heterocycles. The molecular formula is C17H27ClN4O2. The molecule has 7 heteroatoms. The highest BCUT2D eigenvalue weighted by Gasteiger charge is 2.15. The van der Waals surface area contributed by atoms with Crippen molar-refractivity contribution in [1.82, 2.24) is 16.0 Å². The molecule has 0 atom stereocenters. The molecule has 6 nitrogen and oxygen atoms in total. The van der Waals surface area contributed by atoms with Crippen LogP contribution in [0.15, 0.2) is 18.2 Å². The molecule has 4 N–H and O–H groups in total. The Kier molecular flexibility index (Phi) is 8.01. The van der Waals surface area contributed by atoms with Crippen LogP contribution in [0, 0.1) is 0 Å². The Hall–Kier alpha value is -1.79. The zero-order valence-electron chi connectivity index (χ0n) is 14.8. The summed E-state index contributed by atoms with van der Waals surface area (Å²) in [4.78, 5) is 24.1. The van der Waals surface area contributed by atoms with Crippen molar-refractivity contribution in [1.29, 1.82) is 0 Å². The summed E-state index contributed by atoms with van der Waals surface area (Å²) in [5.41, 5.74) is 0.499. The minimum atomic E-state index is -0.345. The Bertz CT molecular complexity index is 570. The molecule has 3 amide bonds. The molecule has 0 radical (unpaired) electrons. The van der Waals surface area contributed by atoms with Gasteiger partial charge in [0.25, 0.3) is 5.91 Å². The smallest absolute Gasteiger partial charge is 0.319 e. The van der Waals surface area contributed by atoms with Gasteiger partial charge in [-0.3, -0.25) is 4.79 Å². The van der Waals surface area contributed by atoms with Gasteiger partial charge in [0.2, 0.25) is 0 Å². The second-order valence-electron chi connectivity index (χ2n) is 6.53. The molecule has 1 aromatic carbocycles. The van der Waals surface area contributed by atoms with E-state index in [4.69, 9.17) is 11.6 Å². The van der Waals surface area contributed by atoms with E-state index < -0.39 is 0 Å². The highest BCUT2D eigenvalue weighted by atomic mass is 35.5. The fourth-order valence-electron chi connectivity index (χ4n) is 1.94. The average Bonchev–Trinajstić information content (AvgIpc) is 2.47. The SMILES string of the molecule is CCCNCCNC(=O)c1cc(NC(=O)NC(C)(C)C)ccc1Cl. The fraction of sp³-hybridized carbons (Fsp3) is 0.529. The zero-order chi connectivity index (χ0) is 18.2. The summed E-state index contributed by atoms with van der Waals surface area (Å²) >= 11 is 6.09. The Balaban J connectivity index is 2.65. The lowest BCUT2D eigenvalue weighted by Crippen LogP contribution is -2.43. The van der Waals surface area contributed by atoms with Crippen molar-refractivity contribution in [3.63, 3.8) is 0 Å². The standard InChI is InChI=1S/C17H27ClN4O2/c1-5-8-19-9-10-20-15(23)13-11-12(6-7-14(13)18)21-16(24)22-17(2,3)4/h6-7,11,19H,5,8-10H2,1-4H3,(H,20,23)(H2,21,22,24). The molecule has 0 saturated carbocycles. The number of nitrogens with one attached hydrogen (secondary N) is 4. The number of anilines is 1. The van der Waals surface area contributed by atoms with Gasteiger partial charge in [-0.1, -0.05) is 18.5 Å². The quantitative estimate of drug-likeness (QED) is 0.568. The van der Waals surface area contributed by atoms with Crippen molar-refractivity contribution in [2.24, 2.45) is 0 Å². The number of urea groups is 1. The molecule has 0 aliphatic carbocycles. The van der Waals surface area contributed by atoms with Crippen LogP contribution >= 0.6 is 11.6 Å². The number of halogens is 1. The fourth-order valence-corrected chi connectivity index (χ4v) is 2.14. The highest BCUT2D eigenvalue weighted by molar-refractivity contribution is 6.34. The predicted octanol–water partition coefficient (Wildman–Crippen LogP) is 2.99. The predicted molar refractivity (Wildman–Crippen MR) is 98.9 cm³/mol. The van der Waals surface area contributed by atoms with Crippen LogP contribution in [0.5, 0.6) is 0 Å². The first-order chi connectivity index (χ1) is 11.2. The summed E-state index contributed by atoms with van der Waals surface area (Å²) in [5.74, 6) is -0.266. The normalized spacial score (nSPS) is 11.0. The number of amides is 3. The average molecular weight is 355 g/mol. The molecule has 0 aromatic heterocycles. The summed E-state index contributed by atoms with van der Waals surface area (Å²) in [5, 5.41) is 11.8. The van der Waals surface area contributed by atoms with Gasteiger partial charge in [0.1, 0.15) is 0 Å². The molecule has 0 fully saturated rings. The van der Waals surface area contributed by atoms with E-state index in [1.165, 1.54) is 0 Å². The van der Waals surface area contributed by atoms with Gasteiger partial charge in [-0.2, -0.15) is 0 Å². The van der Waals surface area contributed by atoms with Crippen molar-refractivity contribution >= 4 is 29.2 Å². The largest absolute Gasteiger partial charge is 0.351 e. The summed E-state index contributed by atoms with van der Waals surface area (Å²) in [6.07, 6.45) is 1.05. The Morgan fingerprint density at radius 2 is 1.83 bits per heavy atom. The van der Waals surface area contributed by atoms with Crippen molar-refractivity contribution in [3.05, 3.63) is 28.8 Å². The topological polar surface area (TPSA) is 82.3 Å². The van der Waals surface area contributed by atoms with Crippen LogP contribution in [-0.4, -0.2) is 37.1 Å². The van der Waals surface area contributed by atoms with Crippen molar-refractivity contribution in [3.8, 4) is 0 Å². The van der Waals surface area contributed by atoms with E-state index >= 15 is 0 Å². The first-order valence-electron chi connectivity index (χ1n) is 8.10. The van der Waals surface area contributed by atoms with E-state index in [1.54, 1.807) is 18.2 Å². The Morgan fingerprint density at radius 1 is 1.12 bits per heavy atom. The van der Waals surface area contributed by atoms with E-state index in [2.05, 4.69) is 28.2 Å². The van der Waals surface area contributed by atoms with E-state index in [1.807, 2.05) is 20.8 Å². The molecule has 0 aliphatic heterocycles. The van der Waals surface area contributed by atoms with Crippen molar-refractivity contribution in [2.45, 2.75) is 39.7 Å². The van der Waals surface area contributed by atoms with Gasteiger partial charge < -0.3 is 21.3 Å². The van der Waals surface area contributed by atoms with Crippen molar-refractivity contribution < 1.29 is 9.59 Å². The third-order valence-electron chi connectivity index (χ3n) is 2.97. The van der Waals surface area contributed by atoms with E-state index in [-0.39, 0.29) is 17.5 Å². The minimum Gasteiger partial charge on any atom is -0.351 e. The molecule has 0 bridgehead atoms. The van der Waals surface area contributed by atoms with Gasteiger partial charge in [-0.05, 0) is 51.9 Å². The summed E-state index contributed by atoms with van der Waals surface area (Å²) < 4.78 is 0. The van der Waals surface area contributed by atoms with Gasteiger partial charge in [-0.25, -0.2) is 4.79 Å². The van der Waals surface area contributed by atoms with Crippen LogP contribution in [0.1, 0.15) is 44.5 Å². The monoisotopic (exact) mass is 354 g/mol. The molecule has 1 aromatic rings. The maximum Gasteiger partial charge on any atom is 0.319 e. The number of benzene rings is 1. The number of hydrogen-bond acceptors (Lipinski definition) is 3. The third kappa shape index (κ3) is 7.66. The van der Waals surface area contributed by atoms with E-state index in [0.717, 1.165) is 13.0 Å². The number of rotatable bonds is 7. The first-order valence-corrected chi connectivity index (χ1v) is 8.48. The van der Waals surface area contributed by atoms with Gasteiger partial charge >= 0.3 is 6.03 Å². The Labute approximate surface area is 148 Å². The molecule has 24 heavy (non-hydrogen) atoms. The lowest BCUT2D eigenvalue weighted by atomic mass is 10.1. The molecular weight excluding hydrogens is 328 g/mol. The lowest BCUT2D eigenvalue weighted by molar-refractivity contribution is 0.0954. The van der Waals surface area contributed by atoms with Gasteiger partial charge in [0.05, 0.1) is 10.6 Å². The zero-order valence-corrected chi connectivity index (χ0v) is 15.5. The third-order valence-corrected chi connectivity index (χ3v) is 3.30. The van der Waals surface area contributed by atoms with Crippen LogP contribution in [0.2, 0.25) is 5.02 Å². The maximum absolute atomic E-state index is 12.2. The highest BCUT2D eigenvalue weighted by Crippen LogP contribution is 2.20. The molecule has 0 heterocycles. The van der Waals surface area contributed by atoms with E-state index in [0.29, 0.717) is 29.4 Å². The summed E-state index contributed by atoms with van der Waals surface area (Å²) in [6, 6.07) is 4.49. The lowest BCUT2D eigenvalue weighted by Gasteiger charge is -2.21. The van der Waals surface area contributed by atoms with Crippen LogP contribution in [0.4, 0.5) is 10.5 Å². The molecule has 134 valence electrons. The van der Waals surface area contributed by atoms with Crippen LogP contribution in [-0.2, 0) is 0 Å². The second kappa shape index (κ2) is 9.49. The van der Waals surface area contributed by atoms with Crippen LogP contribution < -0.4 is 21.3 Å². The first kappa shape index (κ1) is 20.3. The number of carbonyl (C=O) groups excluding carboxylic acids is 2. The number of hydrogen-bond donors (Lipinski definition) is 4. The number of carbonyl (C=O) groups is 2. The van der Waals surface area contributed by atoms with Crippen LogP contribution in [0.25, 0.3) is 0 Å². The second-order valence-corrected chi connectivity index (χ2v) is 6.94. The molecule has 0 aliphatic rings. The molecule has 1 rings (SSSR count). The molecule has 0 spiro atoms. The van der Waals surface area contributed by atoms with Gasteiger partial charge in [0, 0.05) is 24.3 Å². The maximum atomic E-state index is 12.2. The summed E-state index contributed by atoms with van der Waals surface area (Å²) in [6.45, 7) is 9.87. The minimum absolute atomic E-state index is 0.266. The van der Waals surface area contributed by atoms with Gasteiger partial charge in [0.15, 0.2) is 0 Å².